The van der Waals surface area contributed by atoms with E-state index in [0.29, 0.717) is 12.0 Å². The Morgan fingerprint density at radius 2 is 2.33 bits per heavy atom. The van der Waals surface area contributed by atoms with E-state index in [-0.39, 0.29) is 6.10 Å². The van der Waals surface area contributed by atoms with Crippen molar-refractivity contribution in [2.45, 2.75) is 31.4 Å². The maximum atomic E-state index is 9.33. The van der Waals surface area contributed by atoms with Crippen LogP contribution in [0.25, 0.3) is 0 Å². The molecule has 70 valence electrons. The summed E-state index contributed by atoms with van der Waals surface area (Å²) in [6.45, 7) is 2.57. The molecule has 3 atom stereocenters. The molecular weight excluding hydrogens is 154 g/mol. The molecule has 0 aromatic heterocycles. The number of rotatable bonds is 1. The summed E-state index contributed by atoms with van der Waals surface area (Å²) in [7, 11) is 0. The third-order valence-corrected chi connectivity index (χ3v) is 2.91. The predicted octanol–water partition coefficient (Wildman–Crippen LogP) is 0.136. The van der Waals surface area contributed by atoms with Crippen LogP contribution in [0.4, 0.5) is 0 Å². The van der Waals surface area contributed by atoms with Crippen molar-refractivity contribution in [3.63, 3.8) is 0 Å². The number of aliphatic hydroxyl groups is 1. The molecule has 0 aromatic rings. The van der Waals surface area contributed by atoms with E-state index in [2.05, 4.69) is 5.32 Å². The Bertz CT molecular complexity index is 143. The molecule has 3 heteroatoms. The standard InChI is InChI=1S/C9H17NO2/c11-8-4-9(10-5-8)7-2-1-3-12-6-7/h7-11H,1-6H2/t7-,8-,9-/m0/s1. The molecule has 0 unspecified atom stereocenters. The molecule has 0 amide bonds. The highest BCUT2D eigenvalue weighted by Gasteiger charge is 2.30. The van der Waals surface area contributed by atoms with Gasteiger partial charge >= 0.3 is 0 Å². The lowest BCUT2D eigenvalue weighted by Crippen LogP contribution is -2.35. The van der Waals surface area contributed by atoms with Crippen LogP contribution in [0.3, 0.4) is 0 Å². The van der Waals surface area contributed by atoms with Crippen molar-refractivity contribution in [3.8, 4) is 0 Å². The van der Waals surface area contributed by atoms with Gasteiger partial charge in [0.2, 0.25) is 0 Å². The van der Waals surface area contributed by atoms with Crippen LogP contribution >= 0.6 is 0 Å². The minimum absolute atomic E-state index is 0.128. The third kappa shape index (κ3) is 1.79. The molecule has 2 N–H and O–H groups in total. The molecule has 2 aliphatic rings. The van der Waals surface area contributed by atoms with E-state index < -0.39 is 0 Å². The van der Waals surface area contributed by atoms with Gasteiger partial charge in [-0.1, -0.05) is 0 Å². The van der Waals surface area contributed by atoms with Gasteiger partial charge in [-0.05, 0) is 25.2 Å². The van der Waals surface area contributed by atoms with Gasteiger partial charge in [-0.3, -0.25) is 0 Å². The van der Waals surface area contributed by atoms with Gasteiger partial charge in [0.1, 0.15) is 0 Å². The summed E-state index contributed by atoms with van der Waals surface area (Å²) in [5, 5.41) is 12.7. The fourth-order valence-electron chi connectivity index (χ4n) is 2.19. The topological polar surface area (TPSA) is 41.5 Å². The molecule has 0 bridgehead atoms. The SMILES string of the molecule is O[C@@H]1CN[C@H]([C@H]2CCCOC2)C1. The summed E-state index contributed by atoms with van der Waals surface area (Å²) in [4.78, 5) is 0. The minimum atomic E-state index is -0.128. The van der Waals surface area contributed by atoms with Crippen molar-refractivity contribution < 1.29 is 9.84 Å². The lowest BCUT2D eigenvalue weighted by Gasteiger charge is -2.27. The summed E-state index contributed by atoms with van der Waals surface area (Å²) < 4.78 is 5.41. The van der Waals surface area contributed by atoms with Crippen molar-refractivity contribution in [2.75, 3.05) is 19.8 Å². The van der Waals surface area contributed by atoms with Gasteiger partial charge in [0, 0.05) is 19.2 Å². The summed E-state index contributed by atoms with van der Waals surface area (Å²) in [6, 6.07) is 0.500. The third-order valence-electron chi connectivity index (χ3n) is 2.91. The Kier molecular flexibility index (Phi) is 2.63. The van der Waals surface area contributed by atoms with E-state index in [1.807, 2.05) is 0 Å². The van der Waals surface area contributed by atoms with Gasteiger partial charge in [0.15, 0.2) is 0 Å². The molecule has 2 heterocycles. The Morgan fingerprint density at radius 3 is 2.92 bits per heavy atom. The second-order valence-corrected chi connectivity index (χ2v) is 3.88. The molecule has 2 saturated heterocycles. The molecule has 2 fully saturated rings. The molecular formula is C9H17NO2. The average Bonchev–Trinajstić information content (AvgIpc) is 2.54. The predicted molar refractivity (Wildman–Crippen MR) is 46.0 cm³/mol. The zero-order valence-corrected chi connectivity index (χ0v) is 7.33. The molecule has 3 nitrogen and oxygen atoms in total. The van der Waals surface area contributed by atoms with Crippen LogP contribution in [0.5, 0.6) is 0 Å². The van der Waals surface area contributed by atoms with Crippen LogP contribution in [-0.4, -0.2) is 37.0 Å². The van der Waals surface area contributed by atoms with Crippen molar-refractivity contribution in [1.82, 2.24) is 5.32 Å². The molecule has 0 spiro atoms. The van der Waals surface area contributed by atoms with E-state index in [9.17, 15) is 5.11 Å². The molecule has 0 saturated carbocycles. The first kappa shape index (κ1) is 8.48. The zero-order chi connectivity index (χ0) is 8.39. The smallest absolute Gasteiger partial charge is 0.0679 e. The fraction of sp³-hybridized carbons (Fsp3) is 1.00. The van der Waals surface area contributed by atoms with Crippen LogP contribution in [0.1, 0.15) is 19.3 Å². The van der Waals surface area contributed by atoms with E-state index >= 15 is 0 Å². The number of nitrogens with one attached hydrogen (secondary N) is 1. The van der Waals surface area contributed by atoms with Gasteiger partial charge in [0.25, 0.3) is 0 Å². The van der Waals surface area contributed by atoms with E-state index in [0.717, 1.165) is 26.2 Å². The summed E-state index contributed by atoms with van der Waals surface area (Å²) in [5.41, 5.74) is 0. The zero-order valence-electron chi connectivity index (χ0n) is 7.33. The molecule has 2 rings (SSSR count). The molecule has 0 radical (unpaired) electrons. The number of ether oxygens (including phenoxy) is 1. The first-order valence-electron chi connectivity index (χ1n) is 4.85. The summed E-state index contributed by atoms with van der Waals surface area (Å²) >= 11 is 0. The van der Waals surface area contributed by atoms with Gasteiger partial charge in [-0.25, -0.2) is 0 Å². The summed E-state index contributed by atoms with van der Waals surface area (Å²) in [6.07, 6.45) is 3.22. The lowest BCUT2D eigenvalue weighted by molar-refractivity contribution is 0.0404. The minimum Gasteiger partial charge on any atom is -0.392 e. The average molecular weight is 171 g/mol. The Labute approximate surface area is 73.1 Å². The van der Waals surface area contributed by atoms with Crippen LogP contribution < -0.4 is 5.32 Å². The maximum absolute atomic E-state index is 9.33. The molecule has 12 heavy (non-hydrogen) atoms. The van der Waals surface area contributed by atoms with Crippen LogP contribution in [0.15, 0.2) is 0 Å². The van der Waals surface area contributed by atoms with E-state index in [4.69, 9.17) is 4.74 Å². The molecule has 0 aromatic carbocycles. The Balaban J connectivity index is 1.83. The van der Waals surface area contributed by atoms with Gasteiger partial charge < -0.3 is 15.2 Å². The van der Waals surface area contributed by atoms with Gasteiger partial charge in [-0.2, -0.15) is 0 Å². The van der Waals surface area contributed by atoms with Crippen molar-refractivity contribution in [2.24, 2.45) is 5.92 Å². The number of β-amino-alcohol motifs (C(OH)–C–C–N with tert-alkyl or cyclic N) is 1. The van der Waals surface area contributed by atoms with Crippen LogP contribution in [0, 0.1) is 5.92 Å². The van der Waals surface area contributed by atoms with E-state index in [1.54, 1.807) is 0 Å². The van der Waals surface area contributed by atoms with Gasteiger partial charge in [0.05, 0.1) is 12.7 Å². The summed E-state index contributed by atoms with van der Waals surface area (Å²) in [5.74, 6) is 0.635. The quantitative estimate of drug-likeness (QED) is 0.589. The van der Waals surface area contributed by atoms with E-state index in [1.165, 1.54) is 12.8 Å². The largest absolute Gasteiger partial charge is 0.392 e. The number of aliphatic hydroxyl groups excluding tert-OH is 1. The van der Waals surface area contributed by atoms with Crippen molar-refractivity contribution in [1.29, 1.82) is 0 Å². The first-order chi connectivity index (χ1) is 5.86. The molecule has 2 aliphatic heterocycles. The highest BCUT2D eigenvalue weighted by molar-refractivity contribution is 4.87. The van der Waals surface area contributed by atoms with Crippen LogP contribution in [-0.2, 0) is 4.74 Å². The van der Waals surface area contributed by atoms with Crippen molar-refractivity contribution >= 4 is 0 Å². The highest BCUT2D eigenvalue weighted by Crippen LogP contribution is 2.23. The second kappa shape index (κ2) is 3.73. The second-order valence-electron chi connectivity index (χ2n) is 3.88. The monoisotopic (exact) mass is 171 g/mol. The fourth-order valence-corrected chi connectivity index (χ4v) is 2.19. The molecule has 0 aliphatic carbocycles. The first-order valence-corrected chi connectivity index (χ1v) is 4.85. The highest BCUT2D eigenvalue weighted by atomic mass is 16.5. The van der Waals surface area contributed by atoms with Gasteiger partial charge in [-0.15, -0.1) is 0 Å². The Hall–Kier alpha value is -0.120. The number of hydrogen-bond acceptors (Lipinski definition) is 3. The number of hydrogen-bond donors (Lipinski definition) is 2. The lowest BCUT2D eigenvalue weighted by atomic mass is 9.92. The maximum Gasteiger partial charge on any atom is 0.0679 e. The normalized spacial score (nSPS) is 43.2. The van der Waals surface area contributed by atoms with Crippen molar-refractivity contribution in [3.05, 3.63) is 0 Å². The Morgan fingerprint density at radius 1 is 1.42 bits per heavy atom. The van der Waals surface area contributed by atoms with Crippen LogP contribution in [0.2, 0.25) is 0 Å².